The van der Waals surface area contributed by atoms with Crippen molar-refractivity contribution in [2.24, 2.45) is 5.14 Å². The first kappa shape index (κ1) is 15.7. The van der Waals surface area contributed by atoms with E-state index in [0.29, 0.717) is 25.4 Å². The lowest BCUT2D eigenvalue weighted by molar-refractivity contribution is -0.387. The molecule has 0 spiro atoms. The van der Waals surface area contributed by atoms with Crippen molar-refractivity contribution in [2.45, 2.75) is 24.3 Å². The molecule has 2 rings (SSSR count). The molecule has 1 aliphatic heterocycles. The van der Waals surface area contributed by atoms with Crippen LogP contribution in [0.15, 0.2) is 23.1 Å². The Bertz CT molecular complexity index is 646. The molecule has 1 aromatic rings. The number of nitrogens with zero attached hydrogens (tertiary/aromatic N) is 2. The molecule has 0 bridgehead atoms. The van der Waals surface area contributed by atoms with Crippen molar-refractivity contribution in [1.29, 1.82) is 0 Å². The molecule has 1 fully saturated rings. The van der Waals surface area contributed by atoms with Gasteiger partial charge < -0.3 is 9.64 Å². The van der Waals surface area contributed by atoms with Crippen LogP contribution >= 0.6 is 0 Å². The number of rotatable bonds is 3. The second-order valence-corrected chi connectivity index (χ2v) is 6.46. The van der Waals surface area contributed by atoms with E-state index in [1.54, 1.807) is 0 Å². The molecular weight excluding hydrogens is 298 g/mol. The first-order valence-electron chi connectivity index (χ1n) is 6.47. The Morgan fingerprint density at radius 2 is 2.19 bits per heavy atom. The number of sulfonamides is 1. The number of anilines is 1. The molecule has 0 unspecified atom stereocenters. The van der Waals surface area contributed by atoms with E-state index in [-0.39, 0.29) is 6.10 Å². The first-order valence-corrected chi connectivity index (χ1v) is 8.01. The fourth-order valence-corrected chi connectivity index (χ4v) is 3.00. The number of ether oxygens (including phenoxy) is 1. The second-order valence-electron chi connectivity index (χ2n) is 4.94. The van der Waals surface area contributed by atoms with Crippen molar-refractivity contribution in [1.82, 2.24) is 0 Å². The van der Waals surface area contributed by atoms with Crippen LogP contribution < -0.4 is 10.0 Å². The third-order valence-electron chi connectivity index (χ3n) is 3.26. The average molecular weight is 315 g/mol. The summed E-state index contributed by atoms with van der Waals surface area (Å²) in [5.41, 5.74) is 0.0827. The van der Waals surface area contributed by atoms with Crippen LogP contribution in [0.25, 0.3) is 0 Å². The van der Waals surface area contributed by atoms with Crippen molar-refractivity contribution in [2.75, 3.05) is 24.6 Å². The number of nitro groups is 1. The Morgan fingerprint density at radius 1 is 1.48 bits per heavy atom. The van der Waals surface area contributed by atoms with Gasteiger partial charge in [0.1, 0.15) is 0 Å². The number of hydrogen-bond donors (Lipinski definition) is 1. The number of benzene rings is 1. The zero-order valence-corrected chi connectivity index (χ0v) is 12.4. The molecule has 21 heavy (non-hydrogen) atoms. The lowest BCUT2D eigenvalue weighted by atomic mass is 10.2. The maximum absolute atomic E-state index is 11.4. The molecule has 0 aromatic heterocycles. The van der Waals surface area contributed by atoms with Gasteiger partial charge in [-0.3, -0.25) is 10.1 Å². The summed E-state index contributed by atoms with van der Waals surface area (Å²) in [7, 11) is -4.13. The average Bonchev–Trinajstić information content (AvgIpc) is 2.61. The Kier molecular flexibility index (Phi) is 4.45. The van der Waals surface area contributed by atoms with Crippen molar-refractivity contribution >= 4 is 21.4 Å². The van der Waals surface area contributed by atoms with E-state index in [1.807, 2.05) is 11.8 Å². The zero-order chi connectivity index (χ0) is 15.6. The Labute approximate surface area is 122 Å². The molecule has 1 aliphatic rings. The van der Waals surface area contributed by atoms with E-state index in [4.69, 9.17) is 9.88 Å². The highest BCUT2D eigenvalue weighted by Crippen LogP contribution is 2.29. The van der Waals surface area contributed by atoms with Gasteiger partial charge in [-0.05, 0) is 25.5 Å². The first-order chi connectivity index (χ1) is 9.79. The topological polar surface area (TPSA) is 116 Å². The maximum Gasteiger partial charge on any atom is 0.291 e. The van der Waals surface area contributed by atoms with Crippen molar-refractivity contribution in [3.05, 3.63) is 28.3 Å². The highest BCUT2D eigenvalue weighted by Gasteiger charge is 2.25. The van der Waals surface area contributed by atoms with Gasteiger partial charge in [0.05, 0.1) is 11.0 Å². The molecular formula is C12H17N3O5S. The third kappa shape index (κ3) is 3.69. The van der Waals surface area contributed by atoms with E-state index in [2.05, 4.69) is 0 Å². The third-order valence-corrected chi connectivity index (χ3v) is 4.22. The summed E-state index contributed by atoms with van der Waals surface area (Å²) < 4.78 is 28.3. The predicted molar refractivity (Wildman–Crippen MR) is 76.7 cm³/mol. The molecule has 8 nitrogen and oxygen atoms in total. The Balaban J connectivity index is 2.42. The molecule has 9 heteroatoms. The lowest BCUT2D eigenvalue weighted by Crippen LogP contribution is -2.30. The largest absolute Gasteiger partial charge is 0.377 e. The lowest BCUT2D eigenvalue weighted by Gasteiger charge is -2.24. The minimum absolute atomic E-state index is 0.00414. The van der Waals surface area contributed by atoms with Gasteiger partial charge in [-0.15, -0.1) is 0 Å². The highest BCUT2D eigenvalue weighted by atomic mass is 32.2. The maximum atomic E-state index is 11.4. The fourth-order valence-electron chi connectivity index (χ4n) is 2.31. The van der Waals surface area contributed by atoms with Crippen LogP contribution in [0, 0.1) is 10.1 Å². The zero-order valence-electron chi connectivity index (χ0n) is 11.6. The summed E-state index contributed by atoms with van der Waals surface area (Å²) in [5, 5.41) is 16.1. The van der Waals surface area contributed by atoms with Crippen LogP contribution in [0.1, 0.15) is 13.3 Å². The van der Waals surface area contributed by atoms with Gasteiger partial charge in [0.15, 0.2) is 4.90 Å². The van der Waals surface area contributed by atoms with Gasteiger partial charge in [0, 0.05) is 31.5 Å². The molecule has 0 radical (unpaired) electrons. The van der Waals surface area contributed by atoms with Crippen molar-refractivity contribution < 1.29 is 18.1 Å². The van der Waals surface area contributed by atoms with Gasteiger partial charge in [-0.2, -0.15) is 0 Å². The molecule has 1 saturated heterocycles. The monoisotopic (exact) mass is 315 g/mol. The molecule has 116 valence electrons. The van der Waals surface area contributed by atoms with Crippen molar-refractivity contribution in [3.63, 3.8) is 0 Å². The van der Waals surface area contributed by atoms with Crippen LogP contribution in [-0.2, 0) is 14.8 Å². The van der Waals surface area contributed by atoms with Crippen LogP contribution in [0.2, 0.25) is 0 Å². The number of nitro benzene ring substituents is 1. The van der Waals surface area contributed by atoms with E-state index in [0.717, 1.165) is 6.42 Å². The molecule has 1 heterocycles. The van der Waals surface area contributed by atoms with Crippen LogP contribution in [0.4, 0.5) is 11.4 Å². The van der Waals surface area contributed by atoms with Crippen LogP contribution in [0.3, 0.4) is 0 Å². The normalized spacial score (nSPS) is 20.1. The molecule has 1 atom stereocenters. The summed E-state index contributed by atoms with van der Waals surface area (Å²) in [6.45, 7) is 3.84. The van der Waals surface area contributed by atoms with Crippen LogP contribution in [-0.4, -0.2) is 39.1 Å². The summed E-state index contributed by atoms with van der Waals surface area (Å²) in [6.07, 6.45) is 0.805. The summed E-state index contributed by atoms with van der Waals surface area (Å²) in [6, 6.07) is 3.96. The molecule has 0 aliphatic carbocycles. The van der Waals surface area contributed by atoms with Gasteiger partial charge >= 0.3 is 0 Å². The number of primary sulfonamides is 1. The SMILES string of the molecule is C[C@H]1CN(c2ccc(S(N)(=O)=O)c([N+](=O)[O-])c2)CCCO1. The molecule has 2 N–H and O–H groups in total. The fraction of sp³-hybridized carbons (Fsp3) is 0.500. The van der Waals surface area contributed by atoms with Crippen LogP contribution in [0.5, 0.6) is 0 Å². The van der Waals surface area contributed by atoms with E-state index >= 15 is 0 Å². The van der Waals surface area contributed by atoms with E-state index in [1.165, 1.54) is 18.2 Å². The minimum Gasteiger partial charge on any atom is -0.377 e. The molecule has 1 aromatic carbocycles. The second kappa shape index (κ2) is 5.96. The quantitative estimate of drug-likeness (QED) is 0.653. The van der Waals surface area contributed by atoms with Gasteiger partial charge in [0.25, 0.3) is 5.69 Å². The Hall–Kier alpha value is -1.71. The number of hydrogen-bond acceptors (Lipinski definition) is 6. The highest BCUT2D eigenvalue weighted by molar-refractivity contribution is 7.89. The smallest absolute Gasteiger partial charge is 0.291 e. The van der Waals surface area contributed by atoms with Crippen molar-refractivity contribution in [3.8, 4) is 0 Å². The number of nitrogens with two attached hydrogens (primary N) is 1. The van der Waals surface area contributed by atoms with E-state index in [9.17, 15) is 18.5 Å². The minimum atomic E-state index is -4.13. The van der Waals surface area contributed by atoms with Gasteiger partial charge in [-0.25, -0.2) is 13.6 Å². The predicted octanol–water partition coefficient (Wildman–Crippen LogP) is 0.857. The van der Waals surface area contributed by atoms with E-state index < -0.39 is 25.5 Å². The summed E-state index contributed by atoms with van der Waals surface area (Å²) >= 11 is 0. The van der Waals surface area contributed by atoms with Gasteiger partial charge in [-0.1, -0.05) is 0 Å². The van der Waals surface area contributed by atoms with Gasteiger partial charge in [0.2, 0.25) is 10.0 Å². The molecule has 0 amide bonds. The standard InChI is InChI=1S/C12H17N3O5S/c1-9-8-14(5-2-6-20-9)10-3-4-12(21(13,18)19)11(7-10)15(16)17/h3-4,7,9H,2,5-6,8H2,1H3,(H2,13,18,19)/t9-/m0/s1. The summed E-state index contributed by atoms with van der Waals surface area (Å²) in [4.78, 5) is 11.8. The Morgan fingerprint density at radius 3 is 2.81 bits per heavy atom. The molecule has 0 saturated carbocycles. The summed E-state index contributed by atoms with van der Waals surface area (Å²) in [5.74, 6) is 0.